The number of rotatable bonds is 6. The highest BCUT2D eigenvalue weighted by atomic mass is 32.1. The fourth-order valence-corrected chi connectivity index (χ4v) is 3.35. The van der Waals surface area contributed by atoms with E-state index in [4.69, 9.17) is 4.42 Å². The number of nitrogens with one attached hydrogen (secondary N) is 1. The van der Waals surface area contributed by atoms with Crippen LogP contribution in [0.3, 0.4) is 0 Å². The van der Waals surface area contributed by atoms with Crippen molar-refractivity contribution in [3.8, 4) is 10.7 Å². The number of carbonyl (C=O) groups excluding carboxylic acids is 1. The maximum Gasteiger partial charge on any atom is 0.471 e. The summed E-state index contributed by atoms with van der Waals surface area (Å²) in [5, 5.41) is 10.3. The van der Waals surface area contributed by atoms with E-state index in [0.29, 0.717) is 17.2 Å². The Balaban J connectivity index is 1.39. The van der Waals surface area contributed by atoms with E-state index in [1.54, 1.807) is 41.2 Å². The van der Waals surface area contributed by atoms with Gasteiger partial charge in [-0.25, -0.2) is 0 Å². The molecule has 0 spiro atoms. The predicted molar refractivity (Wildman–Crippen MR) is 93.8 cm³/mol. The number of furan rings is 1. The van der Waals surface area contributed by atoms with Crippen LogP contribution in [0.2, 0.25) is 0 Å². The monoisotopic (exact) mass is 423 g/mol. The molecule has 29 heavy (non-hydrogen) atoms. The minimum absolute atomic E-state index is 0.132. The van der Waals surface area contributed by atoms with E-state index in [9.17, 15) is 18.0 Å². The first kappa shape index (κ1) is 18.9. The lowest BCUT2D eigenvalue weighted by molar-refractivity contribution is -0.159. The van der Waals surface area contributed by atoms with Crippen molar-refractivity contribution in [2.24, 2.45) is 0 Å². The highest BCUT2D eigenvalue weighted by Gasteiger charge is 2.38. The van der Waals surface area contributed by atoms with Crippen molar-refractivity contribution < 1.29 is 26.9 Å². The maximum atomic E-state index is 12.6. The number of nitrogens with zero attached hydrogens (tertiary/aromatic N) is 4. The van der Waals surface area contributed by atoms with Crippen LogP contribution < -0.4 is 5.32 Å². The summed E-state index contributed by atoms with van der Waals surface area (Å²) in [6, 6.07) is 8.37. The molecule has 1 N–H and O–H groups in total. The summed E-state index contributed by atoms with van der Waals surface area (Å²) in [5.41, 5.74) is 0.237. The topological polar surface area (TPSA) is 99.0 Å². The number of amides is 1. The van der Waals surface area contributed by atoms with Crippen molar-refractivity contribution in [3.05, 3.63) is 65.0 Å². The summed E-state index contributed by atoms with van der Waals surface area (Å²) in [5.74, 6) is -1.25. The normalized spacial score (nSPS) is 11.7. The van der Waals surface area contributed by atoms with Crippen LogP contribution in [-0.2, 0) is 19.3 Å². The smallest absolute Gasteiger partial charge is 0.467 e. The molecular weight excluding hydrogens is 411 g/mol. The number of hydrogen-bond acceptors (Lipinski definition) is 7. The van der Waals surface area contributed by atoms with E-state index in [2.05, 4.69) is 25.1 Å². The van der Waals surface area contributed by atoms with Gasteiger partial charge in [0.15, 0.2) is 0 Å². The SMILES string of the molecule is O=C(NCc1ccco1)c1ccn(Cc2ccc(-c3noc(C(F)(F)F)n3)s2)n1. The molecule has 0 aliphatic carbocycles. The standard InChI is InChI=1S/C17H12F3N5O3S/c18-17(19,20)16-22-14(24-28-16)13-4-3-11(29-13)9-25-6-5-12(23-25)15(26)21-8-10-2-1-7-27-10/h1-7H,8-9H2,(H,21,26). The number of thiophene rings is 1. The number of alkyl halides is 3. The summed E-state index contributed by atoms with van der Waals surface area (Å²) in [4.78, 5) is 16.7. The summed E-state index contributed by atoms with van der Waals surface area (Å²) >= 11 is 1.20. The molecule has 4 heterocycles. The number of carbonyl (C=O) groups is 1. The van der Waals surface area contributed by atoms with Crippen LogP contribution in [0.5, 0.6) is 0 Å². The highest BCUT2D eigenvalue weighted by Crippen LogP contribution is 2.31. The second-order valence-electron chi connectivity index (χ2n) is 5.85. The van der Waals surface area contributed by atoms with Gasteiger partial charge < -0.3 is 14.3 Å². The predicted octanol–water partition coefficient (Wildman–Crippen LogP) is 3.58. The van der Waals surface area contributed by atoms with E-state index >= 15 is 0 Å². The van der Waals surface area contributed by atoms with Crippen LogP contribution >= 0.6 is 11.3 Å². The van der Waals surface area contributed by atoms with E-state index in [1.165, 1.54) is 17.6 Å². The molecule has 0 atom stereocenters. The Morgan fingerprint density at radius 1 is 1.24 bits per heavy atom. The minimum Gasteiger partial charge on any atom is -0.467 e. The number of hydrogen-bond donors (Lipinski definition) is 1. The Morgan fingerprint density at radius 2 is 2.10 bits per heavy atom. The van der Waals surface area contributed by atoms with Crippen molar-refractivity contribution in [2.45, 2.75) is 19.3 Å². The first-order chi connectivity index (χ1) is 13.9. The average molecular weight is 423 g/mol. The Labute approximate surface area is 164 Å². The molecule has 0 radical (unpaired) electrons. The molecule has 12 heteroatoms. The van der Waals surface area contributed by atoms with Gasteiger partial charge >= 0.3 is 12.1 Å². The fourth-order valence-electron chi connectivity index (χ4n) is 2.42. The van der Waals surface area contributed by atoms with Gasteiger partial charge in [0.1, 0.15) is 11.5 Å². The van der Waals surface area contributed by atoms with Gasteiger partial charge in [0.2, 0.25) is 5.82 Å². The quantitative estimate of drug-likeness (QED) is 0.509. The summed E-state index contributed by atoms with van der Waals surface area (Å²) < 4.78 is 48.6. The molecule has 150 valence electrons. The Kier molecular flexibility index (Phi) is 4.92. The first-order valence-electron chi connectivity index (χ1n) is 8.22. The molecule has 1 amide bonds. The molecule has 4 aromatic rings. The Hall–Kier alpha value is -3.41. The lowest BCUT2D eigenvalue weighted by Crippen LogP contribution is -2.23. The molecule has 0 saturated carbocycles. The van der Waals surface area contributed by atoms with E-state index < -0.39 is 12.1 Å². The molecule has 4 rings (SSSR count). The third kappa shape index (κ3) is 4.37. The third-order valence-corrected chi connectivity index (χ3v) is 4.81. The zero-order chi connectivity index (χ0) is 20.4. The number of halogens is 3. The zero-order valence-corrected chi connectivity index (χ0v) is 15.3. The number of aromatic nitrogens is 4. The average Bonchev–Trinajstić information content (AvgIpc) is 3.46. The van der Waals surface area contributed by atoms with E-state index in [0.717, 1.165) is 4.88 Å². The van der Waals surface area contributed by atoms with Gasteiger partial charge in [-0.05, 0) is 30.3 Å². The van der Waals surface area contributed by atoms with E-state index in [-0.39, 0.29) is 24.0 Å². The molecule has 0 bridgehead atoms. The van der Waals surface area contributed by atoms with Gasteiger partial charge in [-0.3, -0.25) is 9.48 Å². The zero-order valence-electron chi connectivity index (χ0n) is 14.5. The van der Waals surface area contributed by atoms with Crippen LogP contribution in [-0.4, -0.2) is 25.8 Å². The van der Waals surface area contributed by atoms with Crippen LogP contribution in [0.15, 0.2) is 51.7 Å². The Morgan fingerprint density at radius 3 is 2.83 bits per heavy atom. The van der Waals surface area contributed by atoms with Crippen LogP contribution in [0.1, 0.15) is 27.0 Å². The molecule has 0 aliphatic rings. The largest absolute Gasteiger partial charge is 0.471 e. The maximum absolute atomic E-state index is 12.6. The molecule has 0 saturated heterocycles. The van der Waals surface area contributed by atoms with Gasteiger partial charge in [-0.2, -0.15) is 23.3 Å². The minimum atomic E-state index is -4.69. The summed E-state index contributed by atoms with van der Waals surface area (Å²) in [6.07, 6.45) is -1.53. The van der Waals surface area contributed by atoms with Crippen molar-refractivity contribution in [2.75, 3.05) is 0 Å². The van der Waals surface area contributed by atoms with Crippen LogP contribution in [0.25, 0.3) is 10.7 Å². The second kappa shape index (κ2) is 7.54. The third-order valence-electron chi connectivity index (χ3n) is 3.74. The fraction of sp³-hybridized carbons (Fsp3) is 0.176. The lowest BCUT2D eigenvalue weighted by atomic mass is 10.4. The highest BCUT2D eigenvalue weighted by molar-refractivity contribution is 7.15. The van der Waals surface area contributed by atoms with Crippen molar-refractivity contribution >= 4 is 17.2 Å². The van der Waals surface area contributed by atoms with Gasteiger partial charge in [0.25, 0.3) is 5.91 Å². The Bertz CT molecular complexity index is 1110. The van der Waals surface area contributed by atoms with Crippen molar-refractivity contribution in [1.29, 1.82) is 0 Å². The molecule has 4 aromatic heterocycles. The first-order valence-corrected chi connectivity index (χ1v) is 9.04. The van der Waals surface area contributed by atoms with Crippen LogP contribution in [0.4, 0.5) is 13.2 Å². The second-order valence-corrected chi connectivity index (χ2v) is 7.02. The van der Waals surface area contributed by atoms with Crippen molar-refractivity contribution in [1.82, 2.24) is 25.2 Å². The van der Waals surface area contributed by atoms with E-state index in [1.807, 2.05) is 0 Å². The molecule has 0 unspecified atom stereocenters. The molecule has 0 aromatic carbocycles. The van der Waals surface area contributed by atoms with Crippen molar-refractivity contribution in [3.63, 3.8) is 0 Å². The molecule has 0 aliphatic heterocycles. The van der Waals surface area contributed by atoms with Crippen LogP contribution in [0, 0.1) is 0 Å². The van der Waals surface area contributed by atoms with Gasteiger partial charge in [-0.15, -0.1) is 11.3 Å². The van der Waals surface area contributed by atoms with Gasteiger partial charge in [0, 0.05) is 11.1 Å². The molecule has 0 fully saturated rings. The molecule has 8 nitrogen and oxygen atoms in total. The molecular formula is C17H12F3N5O3S. The lowest BCUT2D eigenvalue weighted by Gasteiger charge is -2.01. The van der Waals surface area contributed by atoms with Gasteiger partial charge in [0.05, 0.1) is 24.2 Å². The summed E-state index contributed by atoms with van der Waals surface area (Å²) in [7, 11) is 0. The summed E-state index contributed by atoms with van der Waals surface area (Å²) in [6.45, 7) is 0.581. The van der Waals surface area contributed by atoms with Gasteiger partial charge in [-0.1, -0.05) is 5.16 Å².